The minimum atomic E-state index is -2.81. The van der Waals surface area contributed by atoms with E-state index < -0.39 is 22.7 Å². The van der Waals surface area contributed by atoms with Gasteiger partial charge in [-0.3, -0.25) is 10.1 Å². The van der Waals surface area contributed by atoms with Crippen molar-refractivity contribution >= 4 is 21.6 Å². The number of rotatable bonds is 3. The van der Waals surface area contributed by atoms with Crippen molar-refractivity contribution in [3.63, 3.8) is 0 Å². The lowest BCUT2D eigenvalue weighted by molar-refractivity contribution is -0.387. The molecule has 82 valence electrons. The van der Waals surface area contributed by atoms with Gasteiger partial charge in [-0.1, -0.05) is 0 Å². The van der Waals surface area contributed by atoms with E-state index in [1.54, 1.807) is 0 Å². The van der Waals surface area contributed by atoms with Crippen LogP contribution in [0.2, 0.25) is 0 Å². The molecule has 0 unspecified atom stereocenters. The van der Waals surface area contributed by atoms with Gasteiger partial charge in [0.15, 0.2) is 4.60 Å². The van der Waals surface area contributed by atoms with Crippen LogP contribution in [0.3, 0.4) is 0 Å². The Morgan fingerprint density at radius 1 is 1.67 bits per heavy atom. The summed E-state index contributed by atoms with van der Waals surface area (Å²) in [6.07, 6.45) is -2.81. The summed E-state index contributed by atoms with van der Waals surface area (Å²) in [7, 11) is 1.16. The maximum absolute atomic E-state index is 12.3. The molecule has 0 saturated carbocycles. The van der Waals surface area contributed by atoms with Gasteiger partial charge in [-0.2, -0.15) is 0 Å². The van der Waals surface area contributed by atoms with E-state index >= 15 is 0 Å². The number of halogens is 3. The van der Waals surface area contributed by atoms with E-state index in [0.717, 1.165) is 13.2 Å². The van der Waals surface area contributed by atoms with Gasteiger partial charge in [-0.25, -0.2) is 13.8 Å². The fourth-order valence-corrected chi connectivity index (χ4v) is 1.48. The molecule has 0 bridgehead atoms. The normalized spacial score (nSPS) is 10.5. The zero-order valence-electron chi connectivity index (χ0n) is 7.41. The van der Waals surface area contributed by atoms with Crippen LogP contribution in [0.4, 0.5) is 14.5 Å². The number of alkyl halides is 2. The van der Waals surface area contributed by atoms with Crippen LogP contribution in [0, 0.1) is 10.1 Å². The zero-order chi connectivity index (χ0) is 11.6. The summed E-state index contributed by atoms with van der Waals surface area (Å²) < 4.78 is 28.9. The molecule has 0 atom stereocenters. The van der Waals surface area contributed by atoms with E-state index in [4.69, 9.17) is 0 Å². The minimum absolute atomic E-state index is 0.253. The third-order valence-corrected chi connectivity index (χ3v) is 2.11. The lowest BCUT2D eigenvalue weighted by Crippen LogP contribution is -2.00. The van der Waals surface area contributed by atoms with Crippen LogP contribution >= 0.6 is 15.9 Å². The molecule has 0 aliphatic rings. The second-order valence-electron chi connectivity index (χ2n) is 2.45. The molecule has 5 nitrogen and oxygen atoms in total. The number of aromatic nitrogens is 1. The monoisotopic (exact) mass is 282 g/mol. The average Bonchev–Trinajstić information content (AvgIpc) is 2.15. The number of methoxy groups -OCH3 is 1. The molecule has 0 radical (unpaired) electrons. The molecule has 15 heavy (non-hydrogen) atoms. The Bertz CT molecular complexity index is 400. The van der Waals surface area contributed by atoms with Gasteiger partial charge < -0.3 is 4.74 Å². The molecule has 0 amide bonds. The first-order chi connectivity index (χ1) is 6.97. The van der Waals surface area contributed by atoms with Crippen molar-refractivity contribution in [3.05, 3.63) is 26.5 Å². The summed E-state index contributed by atoms with van der Waals surface area (Å²) >= 11 is 2.74. The predicted molar refractivity (Wildman–Crippen MR) is 50.1 cm³/mol. The molecule has 0 spiro atoms. The van der Waals surface area contributed by atoms with Gasteiger partial charge in [-0.15, -0.1) is 0 Å². The van der Waals surface area contributed by atoms with Gasteiger partial charge in [0.25, 0.3) is 6.43 Å². The summed E-state index contributed by atoms with van der Waals surface area (Å²) in [4.78, 5) is 13.1. The molecule has 0 N–H and O–H groups in total. The largest absolute Gasteiger partial charge is 0.490 e. The van der Waals surface area contributed by atoms with Crippen molar-refractivity contribution in [2.75, 3.05) is 7.11 Å². The minimum Gasteiger partial charge on any atom is -0.490 e. The summed E-state index contributed by atoms with van der Waals surface area (Å²) in [5.41, 5.74) is -1.05. The number of ether oxygens (including phenoxy) is 1. The fourth-order valence-electron chi connectivity index (χ4n) is 0.936. The summed E-state index contributed by atoms with van der Waals surface area (Å²) in [6, 6.07) is 0.841. The Morgan fingerprint density at radius 2 is 2.27 bits per heavy atom. The van der Waals surface area contributed by atoms with Gasteiger partial charge in [0.1, 0.15) is 5.69 Å². The molecular weight excluding hydrogens is 278 g/mol. The molecule has 0 fully saturated rings. The lowest BCUT2D eigenvalue weighted by Gasteiger charge is -2.05. The Morgan fingerprint density at radius 3 is 2.67 bits per heavy atom. The van der Waals surface area contributed by atoms with Crippen molar-refractivity contribution < 1.29 is 18.4 Å². The van der Waals surface area contributed by atoms with E-state index in [-0.39, 0.29) is 10.4 Å². The molecule has 1 rings (SSSR count). The van der Waals surface area contributed by atoms with Crippen LogP contribution in [0.1, 0.15) is 12.1 Å². The second kappa shape index (κ2) is 4.47. The van der Waals surface area contributed by atoms with Gasteiger partial charge in [0.05, 0.1) is 12.0 Å². The Labute approximate surface area is 91.3 Å². The number of nitrogens with zero attached hydrogens (tertiary/aromatic N) is 2. The van der Waals surface area contributed by atoms with Crippen LogP contribution in [-0.4, -0.2) is 17.0 Å². The lowest BCUT2D eigenvalue weighted by atomic mass is 10.3. The van der Waals surface area contributed by atoms with E-state index in [2.05, 4.69) is 25.7 Å². The zero-order valence-corrected chi connectivity index (χ0v) is 8.99. The third kappa shape index (κ3) is 2.38. The van der Waals surface area contributed by atoms with Crippen LogP contribution in [0.5, 0.6) is 5.75 Å². The van der Waals surface area contributed by atoms with Gasteiger partial charge in [-0.05, 0) is 15.9 Å². The van der Waals surface area contributed by atoms with Crippen LogP contribution in [0.15, 0.2) is 10.7 Å². The quantitative estimate of drug-likeness (QED) is 0.486. The molecule has 0 aliphatic carbocycles. The Hall–Kier alpha value is -1.31. The molecule has 0 saturated heterocycles. The first-order valence-corrected chi connectivity index (χ1v) is 4.43. The Balaban J connectivity index is 3.37. The van der Waals surface area contributed by atoms with E-state index in [1.807, 2.05) is 0 Å². The average molecular weight is 283 g/mol. The molecule has 1 aromatic heterocycles. The molecule has 0 aliphatic heterocycles. The Kier molecular flexibility index (Phi) is 3.51. The van der Waals surface area contributed by atoms with Gasteiger partial charge >= 0.3 is 5.69 Å². The maximum Gasteiger partial charge on any atom is 0.343 e. The SMILES string of the molecule is COc1cc(C(F)F)nc(Br)c1[N+](=O)[O-]. The van der Waals surface area contributed by atoms with Crippen molar-refractivity contribution in [1.82, 2.24) is 4.98 Å². The standard InChI is InChI=1S/C7H5BrF2N2O3/c1-15-4-2-3(7(9)10)11-6(8)5(4)12(13)14/h2,7H,1H3. The van der Waals surface area contributed by atoms with Crippen molar-refractivity contribution in [3.8, 4) is 5.75 Å². The first kappa shape index (κ1) is 11.8. The summed E-state index contributed by atoms with van der Waals surface area (Å²) in [5.74, 6) is -0.253. The highest BCUT2D eigenvalue weighted by Gasteiger charge is 2.24. The maximum atomic E-state index is 12.3. The topological polar surface area (TPSA) is 65.3 Å². The molecule has 0 aromatic carbocycles. The smallest absolute Gasteiger partial charge is 0.343 e. The van der Waals surface area contributed by atoms with E-state index in [1.165, 1.54) is 0 Å². The van der Waals surface area contributed by atoms with E-state index in [0.29, 0.717) is 0 Å². The molecule has 8 heteroatoms. The fraction of sp³-hybridized carbons (Fsp3) is 0.286. The third-order valence-electron chi connectivity index (χ3n) is 1.56. The highest BCUT2D eigenvalue weighted by Crippen LogP contribution is 2.35. The number of pyridine rings is 1. The predicted octanol–water partition coefficient (Wildman–Crippen LogP) is 2.70. The second-order valence-corrected chi connectivity index (χ2v) is 3.20. The van der Waals surface area contributed by atoms with Crippen LogP contribution in [0.25, 0.3) is 0 Å². The highest BCUT2D eigenvalue weighted by atomic mass is 79.9. The van der Waals surface area contributed by atoms with Crippen LogP contribution < -0.4 is 4.74 Å². The van der Waals surface area contributed by atoms with Crippen molar-refractivity contribution in [2.24, 2.45) is 0 Å². The number of nitro groups is 1. The number of hydrogen-bond acceptors (Lipinski definition) is 4. The van der Waals surface area contributed by atoms with Crippen molar-refractivity contribution in [2.45, 2.75) is 6.43 Å². The van der Waals surface area contributed by atoms with Gasteiger partial charge in [0, 0.05) is 6.07 Å². The van der Waals surface area contributed by atoms with E-state index in [9.17, 15) is 18.9 Å². The summed E-state index contributed by atoms with van der Waals surface area (Å²) in [5, 5.41) is 10.6. The molecule has 1 heterocycles. The van der Waals surface area contributed by atoms with Gasteiger partial charge in [0.2, 0.25) is 5.75 Å². The first-order valence-electron chi connectivity index (χ1n) is 3.64. The van der Waals surface area contributed by atoms with Crippen molar-refractivity contribution in [1.29, 1.82) is 0 Å². The van der Waals surface area contributed by atoms with Crippen LogP contribution in [-0.2, 0) is 0 Å². The number of hydrogen-bond donors (Lipinski definition) is 0. The molecular formula is C7H5BrF2N2O3. The highest BCUT2D eigenvalue weighted by molar-refractivity contribution is 9.10. The molecule has 1 aromatic rings. The summed E-state index contributed by atoms with van der Waals surface area (Å²) in [6.45, 7) is 0.